The third kappa shape index (κ3) is 5.36. The minimum Gasteiger partial charge on any atom is -0.466 e. The fourth-order valence-corrected chi connectivity index (χ4v) is 9.58. The Morgan fingerprint density at radius 1 is 1.05 bits per heavy atom. The van der Waals surface area contributed by atoms with E-state index >= 15 is 0 Å². The summed E-state index contributed by atoms with van der Waals surface area (Å²) in [6.45, 7) is 13.8. The van der Waals surface area contributed by atoms with Gasteiger partial charge in [0.1, 0.15) is 6.10 Å². The van der Waals surface area contributed by atoms with Gasteiger partial charge in [-0.2, -0.15) is 0 Å². The normalized spacial score (nSPS) is 41.5. The number of alkyl carbamates (subject to hydrolysis) is 1. The van der Waals surface area contributed by atoms with Gasteiger partial charge < -0.3 is 24.6 Å². The first kappa shape index (κ1) is 29.6. The highest BCUT2D eigenvalue weighted by Gasteiger charge is 2.67. The van der Waals surface area contributed by atoms with Crippen molar-refractivity contribution < 1.29 is 28.9 Å². The molecule has 0 aromatic heterocycles. The molecule has 0 aromatic carbocycles. The molecule has 2 N–H and O–H groups in total. The lowest BCUT2D eigenvalue weighted by atomic mass is 9.43. The Morgan fingerprint density at radius 2 is 1.82 bits per heavy atom. The van der Waals surface area contributed by atoms with E-state index in [9.17, 15) is 14.7 Å². The van der Waals surface area contributed by atoms with Crippen LogP contribution in [0.15, 0.2) is 24.3 Å². The number of ether oxygens (including phenoxy) is 3. The molecule has 8 nitrogen and oxygen atoms in total. The molecule has 5 aliphatic rings. The van der Waals surface area contributed by atoms with E-state index in [1.807, 2.05) is 0 Å². The van der Waals surface area contributed by atoms with Crippen molar-refractivity contribution >= 4 is 12.1 Å². The molecule has 0 bridgehead atoms. The molecule has 224 valence electrons. The summed E-state index contributed by atoms with van der Waals surface area (Å²) in [5.41, 5.74) is 0.119. The Balaban J connectivity index is 1.18. The van der Waals surface area contributed by atoms with Gasteiger partial charge >= 0.3 is 12.1 Å². The number of methoxy groups -OCH3 is 1. The SMILES string of the molecule is C=C(/C=C\C(=O)OC)[C@H]1CC[C@]2(O)[C@@H]3CC[C@@H]4C[C@@H](OC(=O)NCCN5CCOCC5)CC[C@]4(C)[C@H]3CC[C@]12C. The Labute approximate surface area is 239 Å². The maximum Gasteiger partial charge on any atom is 0.407 e. The van der Waals surface area contributed by atoms with Gasteiger partial charge in [0.25, 0.3) is 0 Å². The van der Waals surface area contributed by atoms with E-state index in [0.29, 0.717) is 18.4 Å². The number of carbonyl (C=O) groups excluding carboxylic acids is 2. The highest BCUT2D eigenvalue weighted by atomic mass is 16.6. The van der Waals surface area contributed by atoms with Crippen molar-refractivity contribution in [3.05, 3.63) is 24.3 Å². The average Bonchev–Trinajstić information content (AvgIpc) is 3.23. The molecule has 1 saturated heterocycles. The summed E-state index contributed by atoms with van der Waals surface area (Å²) < 4.78 is 16.1. The van der Waals surface area contributed by atoms with E-state index in [2.05, 4.69) is 30.6 Å². The summed E-state index contributed by atoms with van der Waals surface area (Å²) in [6, 6.07) is 0. The average molecular weight is 559 g/mol. The molecular weight excluding hydrogens is 508 g/mol. The zero-order valence-corrected chi connectivity index (χ0v) is 24.8. The van der Waals surface area contributed by atoms with Crippen LogP contribution < -0.4 is 5.32 Å². The first-order valence-electron chi connectivity index (χ1n) is 15.5. The number of nitrogens with one attached hydrogen (secondary N) is 1. The molecule has 8 atom stereocenters. The van der Waals surface area contributed by atoms with Crippen LogP contribution in [0.1, 0.15) is 71.6 Å². The second-order valence-electron chi connectivity index (χ2n) is 13.6. The molecule has 1 heterocycles. The number of carbonyl (C=O) groups is 2. The maximum atomic E-state index is 12.6. The van der Waals surface area contributed by atoms with Crippen LogP contribution >= 0.6 is 0 Å². The van der Waals surface area contributed by atoms with Gasteiger partial charge in [0.05, 0.1) is 25.9 Å². The number of esters is 1. The smallest absolute Gasteiger partial charge is 0.407 e. The van der Waals surface area contributed by atoms with E-state index < -0.39 is 5.60 Å². The van der Waals surface area contributed by atoms with Crippen LogP contribution in [0.5, 0.6) is 0 Å². The first-order chi connectivity index (χ1) is 19.1. The summed E-state index contributed by atoms with van der Waals surface area (Å²) in [4.78, 5) is 26.5. The highest BCUT2D eigenvalue weighted by Crippen LogP contribution is 2.69. The molecule has 0 spiro atoms. The lowest BCUT2D eigenvalue weighted by molar-refractivity contribution is -0.207. The van der Waals surface area contributed by atoms with Crippen LogP contribution in [0.25, 0.3) is 0 Å². The molecule has 5 rings (SSSR count). The second-order valence-corrected chi connectivity index (χ2v) is 13.6. The van der Waals surface area contributed by atoms with E-state index in [1.165, 1.54) is 13.2 Å². The van der Waals surface area contributed by atoms with Crippen LogP contribution in [0.3, 0.4) is 0 Å². The Hall–Kier alpha value is -1.90. The van der Waals surface area contributed by atoms with Crippen LogP contribution in [0.2, 0.25) is 0 Å². The number of hydrogen-bond acceptors (Lipinski definition) is 7. The number of rotatable bonds is 7. The molecule has 4 aliphatic carbocycles. The lowest BCUT2D eigenvalue weighted by Gasteiger charge is -2.63. The lowest BCUT2D eigenvalue weighted by Crippen LogP contribution is -2.62. The molecule has 4 saturated carbocycles. The molecule has 0 radical (unpaired) electrons. The summed E-state index contributed by atoms with van der Waals surface area (Å²) in [7, 11) is 1.38. The van der Waals surface area contributed by atoms with Gasteiger partial charge in [0.15, 0.2) is 0 Å². The number of amides is 1. The van der Waals surface area contributed by atoms with Crippen molar-refractivity contribution in [2.75, 3.05) is 46.5 Å². The zero-order chi connectivity index (χ0) is 28.5. The van der Waals surface area contributed by atoms with Crippen molar-refractivity contribution in [1.82, 2.24) is 10.2 Å². The molecule has 5 fully saturated rings. The third-order valence-corrected chi connectivity index (χ3v) is 12.0. The van der Waals surface area contributed by atoms with Crippen LogP contribution in [-0.4, -0.2) is 80.3 Å². The maximum absolute atomic E-state index is 12.6. The van der Waals surface area contributed by atoms with Crippen molar-refractivity contribution in [1.29, 1.82) is 0 Å². The zero-order valence-electron chi connectivity index (χ0n) is 24.8. The van der Waals surface area contributed by atoms with Crippen LogP contribution in [-0.2, 0) is 19.0 Å². The largest absolute Gasteiger partial charge is 0.466 e. The standard InChI is InChI=1S/C32H50N2O6/c1-22(5-8-28(35)38-4)25-11-14-32(37)27-7-6-23-21-24(9-12-30(23,2)26(27)10-13-31(25,32)3)40-29(36)33-15-16-34-17-19-39-20-18-34/h5,8,23-27,37H,1,6-7,9-21H2,2-4H3,(H,33,36)/b8-5-/t23-,24+,25-,26+,27-,30+,31-,32+/m1/s1. The van der Waals surface area contributed by atoms with E-state index in [0.717, 1.165) is 96.2 Å². The van der Waals surface area contributed by atoms with Gasteiger partial charge in [0.2, 0.25) is 0 Å². The fraction of sp³-hybridized carbons (Fsp3) is 0.812. The summed E-state index contributed by atoms with van der Waals surface area (Å²) >= 11 is 0. The fourth-order valence-electron chi connectivity index (χ4n) is 9.58. The Bertz CT molecular complexity index is 994. The summed E-state index contributed by atoms with van der Waals surface area (Å²) in [5, 5.41) is 15.4. The molecule has 0 aromatic rings. The number of nitrogens with zero attached hydrogens (tertiary/aromatic N) is 1. The summed E-state index contributed by atoms with van der Waals surface area (Å²) in [6.07, 6.45) is 11.6. The number of aliphatic hydroxyl groups is 1. The van der Waals surface area contributed by atoms with E-state index in [1.54, 1.807) is 6.08 Å². The molecule has 1 aliphatic heterocycles. The molecular formula is C32H50N2O6. The van der Waals surface area contributed by atoms with Gasteiger partial charge in [-0.25, -0.2) is 9.59 Å². The predicted octanol–water partition coefficient (Wildman–Crippen LogP) is 4.47. The van der Waals surface area contributed by atoms with Gasteiger partial charge in [0, 0.05) is 37.7 Å². The van der Waals surface area contributed by atoms with Crippen LogP contribution in [0.4, 0.5) is 4.79 Å². The van der Waals surface area contributed by atoms with Gasteiger partial charge in [-0.05, 0) is 86.9 Å². The monoisotopic (exact) mass is 558 g/mol. The topological polar surface area (TPSA) is 97.3 Å². The minimum atomic E-state index is -0.718. The van der Waals surface area contributed by atoms with E-state index in [4.69, 9.17) is 14.2 Å². The molecule has 8 heteroatoms. The Morgan fingerprint density at radius 3 is 2.58 bits per heavy atom. The predicted molar refractivity (Wildman–Crippen MR) is 153 cm³/mol. The van der Waals surface area contributed by atoms with Crippen molar-refractivity contribution in [2.24, 2.45) is 34.5 Å². The molecule has 40 heavy (non-hydrogen) atoms. The molecule has 0 unspecified atom stereocenters. The van der Waals surface area contributed by atoms with E-state index in [-0.39, 0.29) is 40.8 Å². The van der Waals surface area contributed by atoms with Gasteiger partial charge in [-0.1, -0.05) is 32.1 Å². The van der Waals surface area contributed by atoms with Gasteiger partial charge in [-0.15, -0.1) is 0 Å². The highest BCUT2D eigenvalue weighted by molar-refractivity contribution is 5.82. The number of fused-ring (bicyclic) bond motifs is 5. The Kier molecular flexibility index (Phi) is 8.70. The number of allylic oxidation sites excluding steroid dienone is 2. The molecule has 1 amide bonds. The van der Waals surface area contributed by atoms with Crippen molar-refractivity contribution in [3.63, 3.8) is 0 Å². The van der Waals surface area contributed by atoms with Crippen LogP contribution in [0, 0.1) is 34.5 Å². The second kappa shape index (κ2) is 11.8. The number of morpholine rings is 1. The number of hydrogen-bond donors (Lipinski definition) is 2. The van der Waals surface area contributed by atoms with Crippen molar-refractivity contribution in [2.45, 2.75) is 83.3 Å². The minimum absolute atomic E-state index is 0.0317. The summed E-state index contributed by atoms with van der Waals surface area (Å²) in [5.74, 6) is 1.05. The first-order valence-corrected chi connectivity index (χ1v) is 15.5. The third-order valence-electron chi connectivity index (χ3n) is 12.0. The van der Waals surface area contributed by atoms with Crippen molar-refractivity contribution in [3.8, 4) is 0 Å². The quantitative estimate of drug-likeness (QED) is 0.270. The van der Waals surface area contributed by atoms with Gasteiger partial charge in [-0.3, -0.25) is 4.90 Å².